The molecule has 0 spiro atoms. The van der Waals surface area contributed by atoms with Crippen LogP contribution in [0.2, 0.25) is 0 Å². The van der Waals surface area contributed by atoms with Gasteiger partial charge in [-0.2, -0.15) is 4.98 Å². The third kappa shape index (κ3) is 4.01. The van der Waals surface area contributed by atoms with Crippen molar-refractivity contribution >= 4 is 22.6 Å². The first-order valence-electron chi connectivity index (χ1n) is 7.01. The number of hydrogen-bond acceptors (Lipinski definition) is 5. The van der Waals surface area contributed by atoms with Crippen LogP contribution in [0.3, 0.4) is 0 Å². The number of phenols is 1. The van der Waals surface area contributed by atoms with Crippen LogP contribution in [0, 0.1) is 16.6 Å². The molecule has 23 heavy (non-hydrogen) atoms. The predicted octanol–water partition coefficient (Wildman–Crippen LogP) is 3.66. The minimum absolute atomic E-state index is 0.0763. The third-order valence-electron chi connectivity index (χ3n) is 3.29. The molecular weight excluding hydrogens is 407 g/mol. The minimum Gasteiger partial charge on any atom is -0.507 e. The third-order valence-corrected chi connectivity index (χ3v) is 3.96. The Labute approximate surface area is 147 Å². The molecule has 5 nitrogen and oxygen atoms in total. The molecule has 1 aromatic heterocycles. The molecule has 0 unspecified atom stereocenters. The van der Waals surface area contributed by atoms with Gasteiger partial charge < -0.3 is 14.4 Å². The SMILES string of the molecule is Cc1c(O)[c]ccc1OCc1nc(Cc2cccc(I)c2)no1. The predicted molar refractivity (Wildman–Crippen MR) is 92.3 cm³/mol. The number of ether oxygens (including phenoxy) is 1. The molecule has 0 saturated carbocycles. The molecule has 3 rings (SSSR count). The minimum atomic E-state index is 0.0763. The van der Waals surface area contributed by atoms with Crippen molar-refractivity contribution < 1.29 is 14.4 Å². The highest BCUT2D eigenvalue weighted by molar-refractivity contribution is 14.1. The highest BCUT2D eigenvalue weighted by Gasteiger charge is 2.10. The molecule has 1 heterocycles. The zero-order valence-corrected chi connectivity index (χ0v) is 14.6. The summed E-state index contributed by atoms with van der Waals surface area (Å²) in [5.74, 6) is 1.66. The largest absolute Gasteiger partial charge is 0.507 e. The van der Waals surface area contributed by atoms with E-state index in [0.717, 1.165) is 5.56 Å². The fourth-order valence-electron chi connectivity index (χ4n) is 2.09. The topological polar surface area (TPSA) is 68.4 Å². The summed E-state index contributed by atoms with van der Waals surface area (Å²) in [6, 6.07) is 14.2. The average molecular weight is 421 g/mol. The monoisotopic (exact) mass is 421 g/mol. The number of rotatable bonds is 5. The van der Waals surface area contributed by atoms with E-state index in [-0.39, 0.29) is 12.4 Å². The zero-order valence-electron chi connectivity index (χ0n) is 12.4. The van der Waals surface area contributed by atoms with E-state index >= 15 is 0 Å². The lowest BCUT2D eigenvalue weighted by molar-refractivity contribution is 0.240. The van der Waals surface area contributed by atoms with E-state index in [2.05, 4.69) is 44.9 Å². The number of phenolic OH excluding ortho intramolecular Hbond substituents is 1. The number of hydrogen-bond donors (Lipinski definition) is 1. The van der Waals surface area contributed by atoms with Gasteiger partial charge in [0.05, 0.1) is 0 Å². The van der Waals surface area contributed by atoms with Gasteiger partial charge in [0.2, 0.25) is 0 Å². The van der Waals surface area contributed by atoms with Gasteiger partial charge in [-0.25, -0.2) is 0 Å². The normalized spacial score (nSPS) is 10.7. The van der Waals surface area contributed by atoms with Crippen molar-refractivity contribution in [2.75, 3.05) is 0 Å². The number of halogens is 1. The number of aromatic hydroxyl groups is 1. The Balaban J connectivity index is 1.64. The first-order valence-corrected chi connectivity index (χ1v) is 8.08. The summed E-state index contributed by atoms with van der Waals surface area (Å²) in [4.78, 5) is 4.33. The summed E-state index contributed by atoms with van der Waals surface area (Å²) >= 11 is 2.27. The van der Waals surface area contributed by atoms with Gasteiger partial charge in [0.25, 0.3) is 5.89 Å². The second kappa shape index (κ2) is 6.99. The van der Waals surface area contributed by atoms with Crippen LogP contribution in [0.25, 0.3) is 0 Å². The Kier molecular flexibility index (Phi) is 4.80. The van der Waals surface area contributed by atoms with E-state index in [1.165, 1.54) is 3.57 Å². The van der Waals surface area contributed by atoms with E-state index in [0.29, 0.717) is 29.4 Å². The van der Waals surface area contributed by atoms with Gasteiger partial charge in [0.1, 0.15) is 11.5 Å². The Morgan fingerprint density at radius 3 is 3.04 bits per heavy atom. The maximum Gasteiger partial charge on any atom is 0.264 e. The van der Waals surface area contributed by atoms with Gasteiger partial charge in [-0.1, -0.05) is 17.3 Å². The van der Waals surface area contributed by atoms with Crippen LogP contribution >= 0.6 is 22.6 Å². The second-order valence-corrected chi connectivity index (χ2v) is 6.26. The van der Waals surface area contributed by atoms with Crippen molar-refractivity contribution in [3.05, 3.63) is 68.9 Å². The molecular formula is C17H14IN2O3. The van der Waals surface area contributed by atoms with E-state index < -0.39 is 0 Å². The van der Waals surface area contributed by atoms with Gasteiger partial charge in [-0.05, 0) is 59.3 Å². The van der Waals surface area contributed by atoms with Crippen molar-refractivity contribution in [1.29, 1.82) is 0 Å². The maximum absolute atomic E-state index is 9.60. The molecule has 0 atom stereocenters. The van der Waals surface area contributed by atoms with Crippen LogP contribution in [0.4, 0.5) is 0 Å². The molecule has 1 radical (unpaired) electrons. The van der Waals surface area contributed by atoms with Gasteiger partial charge in [0.15, 0.2) is 12.4 Å². The zero-order chi connectivity index (χ0) is 16.2. The lowest BCUT2D eigenvalue weighted by atomic mass is 10.1. The second-order valence-electron chi connectivity index (χ2n) is 5.02. The Bertz CT molecular complexity index is 817. The summed E-state index contributed by atoms with van der Waals surface area (Å²) in [7, 11) is 0. The van der Waals surface area contributed by atoms with Gasteiger partial charge in [-0.3, -0.25) is 0 Å². The molecule has 3 aromatic rings. The molecule has 0 saturated heterocycles. The van der Waals surface area contributed by atoms with Gasteiger partial charge in [-0.15, -0.1) is 0 Å². The van der Waals surface area contributed by atoms with Crippen molar-refractivity contribution in [1.82, 2.24) is 10.1 Å². The van der Waals surface area contributed by atoms with E-state index in [1.807, 2.05) is 18.2 Å². The van der Waals surface area contributed by atoms with Gasteiger partial charge >= 0.3 is 0 Å². The summed E-state index contributed by atoms with van der Waals surface area (Å²) in [5, 5.41) is 13.6. The molecule has 0 bridgehead atoms. The van der Waals surface area contributed by atoms with Crippen LogP contribution in [-0.4, -0.2) is 15.2 Å². The number of aromatic nitrogens is 2. The molecule has 117 valence electrons. The van der Waals surface area contributed by atoms with Crippen LogP contribution < -0.4 is 4.74 Å². The van der Waals surface area contributed by atoms with Crippen molar-refractivity contribution in [2.24, 2.45) is 0 Å². The molecule has 0 aliphatic heterocycles. The van der Waals surface area contributed by atoms with Crippen molar-refractivity contribution in [3.63, 3.8) is 0 Å². The number of nitrogens with zero attached hydrogens (tertiary/aromatic N) is 2. The Morgan fingerprint density at radius 2 is 2.22 bits per heavy atom. The Hall–Kier alpha value is -2.09. The van der Waals surface area contributed by atoms with Crippen LogP contribution in [-0.2, 0) is 13.0 Å². The summed E-state index contributed by atoms with van der Waals surface area (Å²) in [5.41, 5.74) is 1.76. The van der Waals surface area contributed by atoms with E-state index in [1.54, 1.807) is 19.1 Å². The maximum atomic E-state index is 9.60. The summed E-state index contributed by atoms with van der Waals surface area (Å²) in [6.07, 6.45) is 0.612. The quantitative estimate of drug-likeness (QED) is 0.637. The Morgan fingerprint density at radius 1 is 1.35 bits per heavy atom. The fraction of sp³-hybridized carbons (Fsp3) is 0.176. The summed E-state index contributed by atoms with van der Waals surface area (Å²) < 4.78 is 12.0. The molecule has 0 aliphatic carbocycles. The van der Waals surface area contributed by atoms with Crippen molar-refractivity contribution in [3.8, 4) is 11.5 Å². The van der Waals surface area contributed by atoms with E-state index in [4.69, 9.17) is 9.26 Å². The van der Waals surface area contributed by atoms with E-state index in [9.17, 15) is 5.11 Å². The smallest absolute Gasteiger partial charge is 0.264 e. The lowest BCUT2D eigenvalue weighted by Gasteiger charge is -2.07. The standard InChI is InChI=1S/C17H14IN2O3/c1-11-14(21)6-3-7-15(11)22-10-17-19-16(20-23-17)9-12-4-2-5-13(18)8-12/h2-5,7-8,21H,9-10H2,1H3. The highest BCUT2D eigenvalue weighted by atomic mass is 127. The average Bonchev–Trinajstić information content (AvgIpc) is 2.96. The van der Waals surface area contributed by atoms with Crippen molar-refractivity contribution in [2.45, 2.75) is 20.0 Å². The van der Waals surface area contributed by atoms with Crippen LogP contribution in [0.5, 0.6) is 11.5 Å². The molecule has 6 heteroatoms. The highest BCUT2D eigenvalue weighted by Crippen LogP contribution is 2.26. The van der Waals surface area contributed by atoms with Crippen LogP contribution in [0.1, 0.15) is 22.8 Å². The van der Waals surface area contributed by atoms with Crippen LogP contribution in [0.15, 0.2) is 40.9 Å². The summed E-state index contributed by atoms with van der Waals surface area (Å²) in [6.45, 7) is 1.92. The first kappa shape index (κ1) is 15.8. The van der Waals surface area contributed by atoms with Gasteiger partial charge in [0, 0.05) is 21.6 Å². The molecule has 0 fully saturated rings. The molecule has 0 amide bonds. The molecule has 2 aromatic carbocycles. The molecule has 0 aliphatic rings. The first-order chi connectivity index (χ1) is 11.1. The molecule has 1 N–H and O–H groups in total. The lowest BCUT2D eigenvalue weighted by Crippen LogP contribution is -1.98. The number of benzene rings is 2. The fourth-order valence-corrected chi connectivity index (χ4v) is 2.70.